The lowest BCUT2D eigenvalue weighted by Crippen LogP contribution is -2.29. The van der Waals surface area contributed by atoms with E-state index < -0.39 is 0 Å². The third-order valence-electron chi connectivity index (χ3n) is 5.09. The second kappa shape index (κ2) is 11.0. The van der Waals surface area contributed by atoms with Crippen LogP contribution in [-0.2, 0) is 9.53 Å². The van der Waals surface area contributed by atoms with Gasteiger partial charge in [0.15, 0.2) is 10.9 Å². The van der Waals surface area contributed by atoms with Crippen molar-refractivity contribution in [2.75, 3.05) is 24.8 Å². The molecule has 0 aliphatic carbocycles. The molecule has 1 unspecified atom stereocenters. The largest absolute Gasteiger partial charge is 0.455 e. The number of nitrogens with zero attached hydrogens (tertiary/aromatic N) is 2. The van der Waals surface area contributed by atoms with Crippen molar-refractivity contribution in [1.29, 1.82) is 0 Å². The molecular formula is C26H25N3O4S. The van der Waals surface area contributed by atoms with Gasteiger partial charge in [0.05, 0.1) is 35.0 Å². The molecule has 0 bridgehead atoms. The minimum Gasteiger partial charge on any atom is -0.455 e. The van der Waals surface area contributed by atoms with Gasteiger partial charge < -0.3 is 14.8 Å². The molecule has 0 saturated carbocycles. The minimum absolute atomic E-state index is 0.0736. The maximum Gasteiger partial charge on any atom is 0.262 e. The van der Waals surface area contributed by atoms with Crippen molar-refractivity contribution in [3.8, 4) is 11.5 Å². The van der Waals surface area contributed by atoms with Crippen LogP contribution < -0.4 is 15.6 Å². The van der Waals surface area contributed by atoms with Crippen LogP contribution in [0.15, 0.2) is 88.8 Å². The highest BCUT2D eigenvalue weighted by atomic mass is 32.2. The Hall–Kier alpha value is -3.62. The molecule has 1 atom stereocenters. The van der Waals surface area contributed by atoms with Crippen molar-refractivity contribution in [3.63, 3.8) is 0 Å². The molecule has 1 amide bonds. The first kappa shape index (κ1) is 23.5. The summed E-state index contributed by atoms with van der Waals surface area (Å²) in [6.07, 6.45) is 0. The van der Waals surface area contributed by atoms with Crippen LogP contribution in [-0.4, -0.2) is 34.9 Å². The summed E-state index contributed by atoms with van der Waals surface area (Å²) in [5.41, 5.74) is 1.01. The number of para-hydroxylation sites is 4. The average Bonchev–Trinajstić information content (AvgIpc) is 2.85. The Kier molecular flexibility index (Phi) is 7.61. The standard InChI is InChI=1S/C26H25N3O4S/c1-18(16-32-2)29-25(31)20-12-6-7-13-21(20)28-26(29)34-17-24(30)27-22-14-8-9-15-23(22)33-19-10-4-3-5-11-19/h3-15,18H,16-17H2,1-2H3,(H,27,30). The number of rotatable bonds is 9. The number of amides is 1. The Balaban J connectivity index is 1.53. The maximum absolute atomic E-state index is 13.2. The number of methoxy groups -OCH3 is 1. The maximum atomic E-state index is 13.2. The zero-order chi connectivity index (χ0) is 23.9. The quantitative estimate of drug-likeness (QED) is 0.267. The van der Waals surface area contributed by atoms with Crippen LogP contribution in [0.2, 0.25) is 0 Å². The molecule has 4 aromatic rings. The van der Waals surface area contributed by atoms with Gasteiger partial charge in [-0.05, 0) is 43.3 Å². The highest BCUT2D eigenvalue weighted by Gasteiger charge is 2.18. The Morgan fingerprint density at radius 1 is 1.03 bits per heavy atom. The van der Waals surface area contributed by atoms with Gasteiger partial charge >= 0.3 is 0 Å². The Labute approximate surface area is 201 Å². The van der Waals surface area contributed by atoms with E-state index >= 15 is 0 Å². The third-order valence-corrected chi connectivity index (χ3v) is 6.04. The Morgan fingerprint density at radius 3 is 2.53 bits per heavy atom. The molecule has 0 radical (unpaired) electrons. The summed E-state index contributed by atoms with van der Waals surface area (Å²) >= 11 is 1.21. The van der Waals surface area contributed by atoms with E-state index in [4.69, 9.17) is 9.47 Å². The second-order valence-corrected chi connectivity index (χ2v) is 8.58. The summed E-state index contributed by atoms with van der Waals surface area (Å²) < 4.78 is 12.8. The van der Waals surface area contributed by atoms with E-state index in [1.165, 1.54) is 11.8 Å². The van der Waals surface area contributed by atoms with E-state index in [-0.39, 0.29) is 23.3 Å². The number of ether oxygens (including phenoxy) is 2. The number of thioether (sulfide) groups is 1. The lowest BCUT2D eigenvalue weighted by atomic mass is 10.2. The molecule has 7 nitrogen and oxygen atoms in total. The summed E-state index contributed by atoms with van der Waals surface area (Å²) in [5.74, 6) is 1.06. The van der Waals surface area contributed by atoms with Crippen LogP contribution in [0.5, 0.6) is 11.5 Å². The molecule has 1 heterocycles. The number of benzene rings is 3. The number of hydrogen-bond acceptors (Lipinski definition) is 6. The molecule has 0 aliphatic rings. The first-order valence-electron chi connectivity index (χ1n) is 10.8. The second-order valence-electron chi connectivity index (χ2n) is 7.64. The zero-order valence-electron chi connectivity index (χ0n) is 18.9. The number of fused-ring (bicyclic) bond motifs is 1. The zero-order valence-corrected chi connectivity index (χ0v) is 19.7. The van der Waals surface area contributed by atoms with E-state index in [9.17, 15) is 9.59 Å². The van der Waals surface area contributed by atoms with Gasteiger partial charge in [0.2, 0.25) is 5.91 Å². The van der Waals surface area contributed by atoms with Crippen LogP contribution in [0.25, 0.3) is 10.9 Å². The predicted octanol–water partition coefficient (Wildman–Crippen LogP) is 5.13. The first-order chi connectivity index (χ1) is 16.6. The van der Waals surface area contributed by atoms with Crippen LogP contribution in [0.4, 0.5) is 5.69 Å². The number of nitrogens with one attached hydrogen (secondary N) is 1. The fourth-order valence-corrected chi connectivity index (χ4v) is 4.42. The fraction of sp³-hybridized carbons (Fsp3) is 0.192. The molecule has 0 spiro atoms. The Bertz CT molecular complexity index is 1340. The number of anilines is 1. The smallest absolute Gasteiger partial charge is 0.262 e. The first-order valence-corrected chi connectivity index (χ1v) is 11.8. The molecule has 0 aliphatic heterocycles. The lowest BCUT2D eigenvalue weighted by molar-refractivity contribution is -0.113. The van der Waals surface area contributed by atoms with Crippen LogP contribution in [0, 0.1) is 0 Å². The molecule has 0 fully saturated rings. The van der Waals surface area contributed by atoms with E-state index in [0.29, 0.717) is 39.9 Å². The van der Waals surface area contributed by atoms with Crippen LogP contribution >= 0.6 is 11.8 Å². The van der Waals surface area contributed by atoms with Crippen molar-refractivity contribution in [3.05, 3.63) is 89.2 Å². The fourth-order valence-electron chi connectivity index (χ4n) is 3.52. The van der Waals surface area contributed by atoms with Crippen molar-refractivity contribution in [2.45, 2.75) is 18.1 Å². The summed E-state index contributed by atoms with van der Waals surface area (Å²) in [6.45, 7) is 2.24. The van der Waals surface area contributed by atoms with Gasteiger partial charge in [0, 0.05) is 7.11 Å². The van der Waals surface area contributed by atoms with Crippen molar-refractivity contribution < 1.29 is 14.3 Å². The van der Waals surface area contributed by atoms with Gasteiger partial charge in [-0.1, -0.05) is 54.2 Å². The average molecular weight is 476 g/mol. The van der Waals surface area contributed by atoms with E-state index in [0.717, 1.165) is 0 Å². The number of aromatic nitrogens is 2. The van der Waals surface area contributed by atoms with Crippen molar-refractivity contribution in [2.24, 2.45) is 0 Å². The topological polar surface area (TPSA) is 82.4 Å². The van der Waals surface area contributed by atoms with E-state index in [2.05, 4.69) is 10.3 Å². The highest BCUT2D eigenvalue weighted by molar-refractivity contribution is 7.99. The Morgan fingerprint density at radius 2 is 1.74 bits per heavy atom. The monoisotopic (exact) mass is 475 g/mol. The van der Waals surface area contributed by atoms with Gasteiger partial charge in [-0.25, -0.2) is 4.98 Å². The highest BCUT2D eigenvalue weighted by Crippen LogP contribution is 2.29. The van der Waals surface area contributed by atoms with E-state index in [1.54, 1.807) is 35.9 Å². The van der Waals surface area contributed by atoms with Gasteiger partial charge in [0.25, 0.3) is 5.56 Å². The van der Waals surface area contributed by atoms with Crippen LogP contribution in [0.3, 0.4) is 0 Å². The van der Waals surface area contributed by atoms with Crippen molar-refractivity contribution in [1.82, 2.24) is 9.55 Å². The molecule has 8 heteroatoms. The third kappa shape index (κ3) is 5.47. The molecule has 1 N–H and O–H groups in total. The SMILES string of the molecule is COCC(C)n1c(SCC(=O)Nc2ccccc2Oc2ccccc2)nc2ccccc2c1=O. The van der Waals surface area contributed by atoms with Gasteiger partial charge in [-0.2, -0.15) is 0 Å². The molecule has 34 heavy (non-hydrogen) atoms. The lowest BCUT2D eigenvalue weighted by Gasteiger charge is -2.19. The normalized spacial score (nSPS) is 11.8. The summed E-state index contributed by atoms with van der Waals surface area (Å²) in [6, 6.07) is 23.6. The number of carbonyl (C=O) groups excluding carboxylic acids is 1. The van der Waals surface area contributed by atoms with Gasteiger partial charge in [-0.3, -0.25) is 14.2 Å². The predicted molar refractivity (Wildman–Crippen MR) is 135 cm³/mol. The van der Waals surface area contributed by atoms with E-state index in [1.807, 2.05) is 61.5 Å². The molecule has 174 valence electrons. The summed E-state index contributed by atoms with van der Waals surface area (Å²) in [5, 5.41) is 3.91. The molecular weight excluding hydrogens is 450 g/mol. The minimum atomic E-state index is -0.236. The molecule has 4 rings (SSSR count). The van der Waals surface area contributed by atoms with Crippen molar-refractivity contribution >= 4 is 34.3 Å². The van der Waals surface area contributed by atoms with Crippen LogP contribution in [0.1, 0.15) is 13.0 Å². The van der Waals surface area contributed by atoms with Gasteiger partial charge in [0.1, 0.15) is 5.75 Å². The molecule has 3 aromatic carbocycles. The molecule has 1 aromatic heterocycles. The number of hydrogen-bond donors (Lipinski definition) is 1. The summed E-state index contributed by atoms with van der Waals surface area (Å²) in [7, 11) is 1.59. The molecule has 0 saturated heterocycles. The summed E-state index contributed by atoms with van der Waals surface area (Å²) in [4.78, 5) is 30.6. The number of carbonyl (C=O) groups is 1. The van der Waals surface area contributed by atoms with Gasteiger partial charge in [-0.15, -0.1) is 0 Å².